The molecule has 2 aliphatic rings. The zero-order chi connectivity index (χ0) is 19.1. The summed E-state index contributed by atoms with van der Waals surface area (Å²) in [6.45, 7) is 2.10. The summed E-state index contributed by atoms with van der Waals surface area (Å²) in [6.07, 6.45) is 2.47. The SMILES string of the molecule is O=S(=O)(c1ccc2ccccc2c1)N1CCN(C2CC2)CC1c1ccccc1. The van der Waals surface area contributed by atoms with E-state index < -0.39 is 10.0 Å². The molecule has 0 N–H and O–H groups in total. The van der Waals surface area contributed by atoms with Crippen LogP contribution in [0.15, 0.2) is 77.7 Å². The smallest absolute Gasteiger partial charge is 0.243 e. The molecule has 0 bridgehead atoms. The molecule has 0 radical (unpaired) electrons. The van der Waals surface area contributed by atoms with E-state index in [-0.39, 0.29) is 6.04 Å². The molecular formula is C23H24N2O2S. The number of piperazine rings is 1. The summed E-state index contributed by atoms with van der Waals surface area (Å²) >= 11 is 0. The summed E-state index contributed by atoms with van der Waals surface area (Å²) in [5.41, 5.74) is 1.07. The predicted molar refractivity (Wildman–Crippen MR) is 112 cm³/mol. The molecule has 1 unspecified atom stereocenters. The van der Waals surface area contributed by atoms with Crippen LogP contribution in [0, 0.1) is 0 Å². The molecule has 4 nitrogen and oxygen atoms in total. The van der Waals surface area contributed by atoms with Gasteiger partial charge in [0.15, 0.2) is 0 Å². The quantitative estimate of drug-likeness (QED) is 0.673. The van der Waals surface area contributed by atoms with Crippen LogP contribution in [0.25, 0.3) is 10.8 Å². The third kappa shape index (κ3) is 3.24. The molecule has 1 saturated carbocycles. The molecule has 0 aromatic heterocycles. The average molecular weight is 393 g/mol. The van der Waals surface area contributed by atoms with Crippen LogP contribution in [-0.2, 0) is 10.0 Å². The summed E-state index contributed by atoms with van der Waals surface area (Å²) < 4.78 is 28.9. The summed E-state index contributed by atoms with van der Waals surface area (Å²) in [4.78, 5) is 2.84. The highest BCUT2D eigenvalue weighted by molar-refractivity contribution is 7.89. The lowest BCUT2D eigenvalue weighted by atomic mass is 10.0. The highest BCUT2D eigenvalue weighted by atomic mass is 32.2. The Morgan fingerprint density at radius 2 is 1.50 bits per heavy atom. The molecule has 0 amide bonds. The van der Waals surface area contributed by atoms with Crippen molar-refractivity contribution in [1.29, 1.82) is 0 Å². The highest BCUT2D eigenvalue weighted by Crippen LogP contribution is 2.36. The van der Waals surface area contributed by atoms with Gasteiger partial charge in [0.25, 0.3) is 0 Å². The zero-order valence-electron chi connectivity index (χ0n) is 15.7. The van der Waals surface area contributed by atoms with E-state index in [1.165, 1.54) is 12.8 Å². The first-order valence-electron chi connectivity index (χ1n) is 9.92. The van der Waals surface area contributed by atoms with E-state index in [0.29, 0.717) is 17.5 Å². The third-order valence-electron chi connectivity index (χ3n) is 5.94. The van der Waals surface area contributed by atoms with Gasteiger partial charge in [0.2, 0.25) is 10.0 Å². The van der Waals surface area contributed by atoms with E-state index in [1.807, 2.05) is 60.7 Å². The van der Waals surface area contributed by atoms with Gasteiger partial charge in [0, 0.05) is 25.7 Å². The van der Waals surface area contributed by atoms with E-state index in [4.69, 9.17) is 0 Å². The second-order valence-corrected chi connectivity index (χ2v) is 9.67. The van der Waals surface area contributed by atoms with Crippen LogP contribution in [0.4, 0.5) is 0 Å². The van der Waals surface area contributed by atoms with Gasteiger partial charge in [-0.15, -0.1) is 0 Å². The monoisotopic (exact) mass is 392 g/mol. The van der Waals surface area contributed by atoms with Crippen molar-refractivity contribution in [2.24, 2.45) is 0 Å². The van der Waals surface area contributed by atoms with Crippen molar-refractivity contribution < 1.29 is 8.42 Å². The molecule has 3 aromatic carbocycles. The number of nitrogens with zero attached hydrogens (tertiary/aromatic N) is 2. The fourth-order valence-electron chi connectivity index (χ4n) is 4.26. The van der Waals surface area contributed by atoms with Crippen LogP contribution in [-0.4, -0.2) is 43.3 Å². The Bertz CT molecular complexity index is 1090. The topological polar surface area (TPSA) is 40.6 Å². The number of fused-ring (bicyclic) bond motifs is 1. The van der Waals surface area contributed by atoms with E-state index >= 15 is 0 Å². The molecule has 1 saturated heterocycles. The Labute approximate surface area is 166 Å². The van der Waals surface area contributed by atoms with Crippen LogP contribution in [0.5, 0.6) is 0 Å². The number of rotatable bonds is 4. The molecule has 28 heavy (non-hydrogen) atoms. The summed E-state index contributed by atoms with van der Waals surface area (Å²) in [5.74, 6) is 0. The molecule has 1 aliphatic carbocycles. The first kappa shape index (κ1) is 17.9. The maximum Gasteiger partial charge on any atom is 0.243 e. The van der Waals surface area contributed by atoms with E-state index in [0.717, 1.165) is 29.4 Å². The van der Waals surface area contributed by atoms with E-state index in [1.54, 1.807) is 16.4 Å². The Hall–Kier alpha value is -2.21. The first-order valence-corrected chi connectivity index (χ1v) is 11.4. The number of hydrogen-bond acceptors (Lipinski definition) is 3. The Morgan fingerprint density at radius 3 is 2.25 bits per heavy atom. The van der Waals surface area contributed by atoms with Crippen molar-refractivity contribution >= 4 is 20.8 Å². The zero-order valence-corrected chi connectivity index (χ0v) is 16.6. The van der Waals surface area contributed by atoms with Crippen molar-refractivity contribution in [2.75, 3.05) is 19.6 Å². The average Bonchev–Trinajstić information content (AvgIpc) is 3.59. The molecule has 144 valence electrons. The van der Waals surface area contributed by atoms with Crippen molar-refractivity contribution in [3.63, 3.8) is 0 Å². The normalized spacial score (nSPS) is 21.8. The summed E-state index contributed by atoms with van der Waals surface area (Å²) in [5, 5.41) is 2.01. The van der Waals surface area contributed by atoms with Gasteiger partial charge >= 0.3 is 0 Å². The van der Waals surface area contributed by atoms with E-state index in [2.05, 4.69) is 4.90 Å². The maximum absolute atomic E-state index is 13.6. The molecule has 5 heteroatoms. The molecular weight excluding hydrogens is 368 g/mol. The van der Waals surface area contributed by atoms with Gasteiger partial charge in [-0.25, -0.2) is 8.42 Å². The van der Waals surface area contributed by atoms with Crippen molar-refractivity contribution in [2.45, 2.75) is 29.8 Å². The standard InChI is InChI=1S/C23H24N2O2S/c26-28(27,22-13-10-18-6-4-5-9-20(18)16-22)25-15-14-24(21-11-12-21)17-23(25)19-7-2-1-3-8-19/h1-10,13,16,21,23H,11-12,14-15,17H2. The largest absolute Gasteiger partial charge is 0.297 e. The van der Waals surface area contributed by atoms with Crippen molar-refractivity contribution in [3.8, 4) is 0 Å². The van der Waals surface area contributed by atoms with Gasteiger partial charge in [-0.2, -0.15) is 4.31 Å². The summed E-state index contributed by atoms with van der Waals surface area (Å²) in [7, 11) is -3.57. The summed E-state index contributed by atoms with van der Waals surface area (Å²) in [6, 6.07) is 23.9. The van der Waals surface area contributed by atoms with E-state index in [9.17, 15) is 8.42 Å². The highest BCUT2D eigenvalue weighted by Gasteiger charge is 2.41. The minimum atomic E-state index is -3.57. The third-order valence-corrected chi connectivity index (χ3v) is 7.84. The van der Waals surface area contributed by atoms with Crippen LogP contribution >= 0.6 is 0 Å². The van der Waals surface area contributed by atoms with Gasteiger partial charge < -0.3 is 0 Å². The molecule has 3 aromatic rings. The Morgan fingerprint density at radius 1 is 0.786 bits per heavy atom. The fraction of sp³-hybridized carbons (Fsp3) is 0.304. The Balaban J connectivity index is 1.54. The molecule has 5 rings (SSSR count). The minimum absolute atomic E-state index is 0.146. The van der Waals surface area contributed by atoms with Crippen LogP contribution in [0.2, 0.25) is 0 Å². The lowest BCUT2D eigenvalue weighted by Gasteiger charge is -2.41. The number of benzene rings is 3. The molecule has 2 fully saturated rings. The van der Waals surface area contributed by atoms with Crippen LogP contribution < -0.4 is 0 Å². The number of sulfonamides is 1. The lowest BCUT2D eigenvalue weighted by Crippen LogP contribution is -2.51. The molecule has 1 heterocycles. The van der Waals surface area contributed by atoms with Crippen LogP contribution in [0.3, 0.4) is 0 Å². The Kier molecular flexibility index (Phi) is 4.46. The number of hydrogen-bond donors (Lipinski definition) is 0. The maximum atomic E-state index is 13.6. The van der Waals surface area contributed by atoms with Gasteiger partial charge in [-0.3, -0.25) is 4.90 Å². The van der Waals surface area contributed by atoms with Gasteiger partial charge in [-0.1, -0.05) is 60.7 Å². The lowest BCUT2D eigenvalue weighted by molar-refractivity contribution is 0.129. The van der Waals surface area contributed by atoms with Gasteiger partial charge in [-0.05, 0) is 41.3 Å². The first-order chi connectivity index (χ1) is 13.6. The second-order valence-electron chi connectivity index (χ2n) is 7.78. The minimum Gasteiger partial charge on any atom is -0.297 e. The van der Waals surface area contributed by atoms with Crippen molar-refractivity contribution in [1.82, 2.24) is 9.21 Å². The van der Waals surface area contributed by atoms with Gasteiger partial charge in [0.1, 0.15) is 0 Å². The molecule has 1 aliphatic heterocycles. The fourth-order valence-corrected chi connectivity index (χ4v) is 5.89. The predicted octanol–water partition coefficient (Wildman–Crippen LogP) is 4.05. The van der Waals surface area contributed by atoms with Crippen LogP contribution in [0.1, 0.15) is 24.4 Å². The molecule has 0 spiro atoms. The van der Waals surface area contributed by atoms with Crippen molar-refractivity contribution in [3.05, 3.63) is 78.4 Å². The van der Waals surface area contributed by atoms with Gasteiger partial charge in [0.05, 0.1) is 10.9 Å². The second kappa shape index (κ2) is 6.99. The molecule has 1 atom stereocenters.